The topological polar surface area (TPSA) is 61.8 Å². The quantitative estimate of drug-likeness (QED) is 0.770. The molecule has 0 heterocycles. The molecule has 3 N–H and O–H groups in total. The molecule has 1 aromatic rings. The Bertz CT molecular complexity index is 384. The van der Waals surface area contributed by atoms with Gasteiger partial charge in [-0.2, -0.15) is 17.0 Å². The van der Waals surface area contributed by atoms with E-state index in [1.165, 1.54) is 0 Å². The highest BCUT2D eigenvalue weighted by molar-refractivity contribution is 7.99. The molecule has 1 aromatic carbocycles. The van der Waals surface area contributed by atoms with E-state index in [2.05, 4.69) is 24.6 Å². The van der Waals surface area contributed by atoms with Crippen LogP contribution in [-0.4, -0.2) is 18.1 Å². The number of nitrogens with one attached hydrogen (secondary N) is 1. The lowest BCUT2D eigenvalue weighted by Gasteiger charge is -2.10. The van der Waals surface area contributed by atoms with Crippen molar-refractivity contribution in [2.75, 3.05) is 23.9 Å². The molecule has 0 aliphatic heterocycles. The van der Waals surface area contributed by atoms with Gasteiger partial charge in [0, 0.05) is 23.2 Å². The van der Waals surface area contributed by atoms with Crippen LogP contribution in [-0.2, 0) is 0 Å². The van der Waals surface area contributed by atoms with Crippen molar-refractivity contribution >= 4 is 23.1 Å². The SMILES string of the molecule is CSC(C)CCNc1ccc(N)c(C#N)c1. The second-order valence-electron chi connectivity index (χ2n) is 3.68. The molecule has 0 saturated heterocycles. The van der Waals surface area contributed by atoms with Gasteiger partial charge in [-0.1, -0.05) is 6.92 Å². The van der Waals surface area contributed by atoms with Crippen LogP contribution in [0.4, 0.5) is 11.4 Å². The lowest BCUT2D eigenvalue weighted by Crippen LogP contribution is -2.08. The zero-order valence-electron chi connectivity index (χ0n) is 9.66. The van der Waals surface area contributed by atoms with Gasteiger partial charge in [-0.05, 0) is 30.9 Å². The summed E-state index contributed by atoms with van der Waals surface area (Å²) in [5.74, 6) is 0. The number of rotatable bonds is 5. The van der Waals surface area contributed by atoms with Crippen LogP contribution in [0.5, 0.6) is 0 Å². The summed E-state index contributed by atoms with van der Waals surface area (Å²) in [6.07, 6.45) is 3.22. The maximum Gasteiger partial charge on any atom is 0.101 e. The van der Waals surface area contributed by atoms with Crippen molar-refractivity contribution < 1.29 is 0 Å². The number of anilines is 2. The molecule has 16 heavy (non-hydrogen) atoms. The molecule has 1 unspecified atom stereocenters. The molecule has 0 spiro atoms. The molecule has 0 aromatic heterocycles. The van der Waals surface area contributed by atoms with E-state index in [0.717, 1.165) is 18.7 Å². The lowest BCUT2D eigenvalue weighted by molar-refractivity contribution is 0.854. The molecular weight excluding hydrogens is 218 g/mol. The van der Waals surface area contributed by atoms with Gasteiger partial charge in [0.2, 0.25) is 0 Å². The number of benzene rings is 1. The van der Waals surface area contributed by atoms with Gasteiger partial charge in [0.1, 0.15) is 6.07 Å². The normalized spacial score (nSPS) is 11.8. The van der Waals surface area contributed by atoms with E-state index in [0.29, 0.717) is 16.5 Å². The van der Waals surface area contributed by atoms with Gasteiger partial charge in [-0.15, -0.1) is 0 Å². The Morgan fingerprint density at radius 3 is 2.94 bits per heavy atom. The van der Waals surface area contributed by atoms with Crippen molar-refractivity contribution in [3.05, 3.63) is 23.8 Å². The summed E-state index contributed by atoms with van der Waals surface area (Å²) >= 11 is 1.86. The van der Waals surface area contributed by atoms with Crippen molar-refractivity contribution in [1.29, 1.82) is 5.26 Å². The van der Waals surface area contributed by atoms with Gasteiger partial charge in [-0.3, -0.25) is 0 Å². The molecule has 0 bridgehead atoms. The fourth-order valence-electron chi connectivity index (χ4n) is 1.30. The van der Waals surface area contributed by atoms with Crippen molar-refractivity contribution in [3.63, 3.8) is 0 Å². The van der Waals surface area contributed by atoms with Crippen LogP contribution in [0.2, 0.25) is 0 Å². The maximum atomic E-state index is 8.83. The van der Waals surface area contributed by atoms with Crippen molar-refractivity contribution in [2.24, 2.45) is 0 Å². The maximum absolute atomic E-state index is 8.83. The lowest BCUT2D eigenvalue weighted by atomic mass is 10.2. The molecular formula is C12H17N3S. The van der Waals surface area contributed by atoms with Crippen LogP contribution in [0, 0.1) is 11.3 Å². The van der Waals surface area contributed by atoms with E-state index < -0.39 is 0 Å². The third kappa shape index (κ3) is 3.67. The molecule has 0 radical (unpaired) electrons. The van der Waals surface area contributed by atoms with E-state index in [1.54, 1.807) is 12.1 Å². The Labute approximate surface area is 101 Å². The predicted octanol–water partition coefficient (Wildman–Crippen LogP) is 2.69. The summed E-state index contributed by atoms with van der Waals surface area (Å²) in [5, 5.41) is 12.8. The highest BCUT2D eigenvalue weighted by Crippen LogP contribution is 2.17. The van der Waals surface area contributed by atoms with Gasteiger partial charge in [0.05, 0.1) is 5.56 Å². The molecule has 0 aliphatic carbocycles. The second kappa shape index (κ2) is 6.29. The number of hydrogen-bond donors (Lipinski definition) is 2. The van der Waals surface area contributed by atoms with Crippen molar-refractivity contribution in [3.8, 4) is 6.07 Å². The monoisotopic (exact) mass is 235 g/mol. The number of thioether (sulfide) groups is 1. The predicted molar refractivity (Wildman–Crippen MR) is 71.7 cm³/mol. The van der Waals surface area contributed by atoms with E-state index >= 15 is 0 Å². The number of hydrogen-bond acceptors (Lipinski definition) is 4. The summed E-state index contributed by atoms with van der Waals surface area (Å²) in [6.45, 7) is 3.12. The van der Waals surface area contributed by atoms with Gasteiger partial charge >= 0.3 is 0 Å². The zero-order chi connectivity index (χ0) is 12.0. The number of nitriles is 1. The zero-order valence-corrected chi connectivity index (χ0v) is 10.5. The molecule has 3 nitrogen and oxygen atoms in total. The Morgan fingerprint density at radius 1 is 1.56 bits per heavy atom. The largest absolute Gasteiger partial charge is 0.398 e. The van der Waals surface area contributed by atoms with Crippen molar-refractivity contribution in [1.82, 2.24) is 0 Å². The molecule has 1 rings (SSSR count). The first-order chi connectivity index (χ1) is 7.67. The average molecular weight is 235 g/mol. The Morgan fingerprint density at radius 2 is 2.31 bits per heavy atom. The minimum absolute atomic E-state index is 0.530. The fourth-order valence-corrected chi connectivity index (χ4v) is 1.65. The molecule has 1 atom stereocenters. The smallest absolute Gasteiger partial charge is 0.101 e. The van der Waals surface area contributed by atoms with E-state index in [1.807, 2.05) is 17.8 Å². The van der Waals surface area contributed by atoms with Gasteiger partial charge in [0.25, 0.3) is 0 Å². The molecule has 0 saturated carbocycles. The molecule has 4 heteroatoms. The highest BCUT2D eigenvalue weighted by atomic mass is 32.2. The fraction of sp³-hybridized carbons (Fsp3) is 0.417. The van der Waals surface area contributed by atoms with E-state index in [-0.39, 0.29) is 0 Å². The van der Waals surface area contributed by atoms with Crippen LogP contribution in [0.25, 0.3) is 0 Å². The first-order valence-electron chi connectivity index (χ1n) is 5.23. The van der Waals surface area contributed by atoms with Crippen LogP contribution in [0.1, 0.15) is 18.9 Å². The second-order valence-corrected chi connectivity index (χ2v) is 4.95. The molecule has 0 aliphatic rings. The third-order valence-corrected chi connectivity index (χ3v) is 3.50. The van der Waals surface area contributed by atoms with Crippen molar-refractivity contribution in [2.45, 2.75) is 18.6 Å². The Hall–Kier alpha value is -1.34. The number of nitrogens with zero attached hydrogens (tertiary/aromatic N) is 1. The van der Waals surface area contributed by atoms with Gasteiger partial charge in [-0.25, -0.2) is 0 Å². The van der Waals surface area contributed by atoms with Crippen LogP contribution >= 0.6 is 11.8 Å². The Balaban J connectivity index is 2.52. The summed E-state index contributed by atoms with van der Waals surface area (Å²) in [7, 11) is 0. The minimum Gasteiger partial charge on any atom is -0.398 e. The summed E-state index contributed by atoms with van der Waals surface area (Å²) < 4.78 is 0. The highest BCUT2D eigenvalue weighted by Gasteiger charge is 2.01. The summed E-state index contributed by atoms with van der Waals surface area (Å²) in [6, 6.07) is 7.53. The Kier molecular flexibility index (Phi) is 5.00. The number of nitrogens with two attached hydrogens (primary N) is 1. The van der Waals surface area contributed by atoms with E-state index in [9.17, 15) is 0 Å². The molecule has 0 amide bonds. The van der Waals surface area contributed by atoms with Gasteiger partial charge in [0.15, 0.2) is 0 Å². The average Bonchev–Trinajstić information content (AvgIpc) is 2.31. The minimum atomic E-state index is 0.530. The van der Waals surface area contributed by atoms with Gasteiger partial charge < -0.3 is 11.1 Å². The third-order valence-electron chi connectivity index (χ3n) is 2.46. The molecule has 0 fully saturated rings. The van der Waals surface area contributed by atoms with Crippen LogP contribution in [0.3, 0.4) is 0 Å². The number of nitrogen functional groups attached to an aromatic ring is 1. The van der Waals surface area contributed by atoms with Crippen LogP contribution in [0.15, 0.2) is 18.2 Å². The summed E-state index contributed by atoms with van der Waals surface area (Å²) in [5.41, 5.74) is 7.67. The standard InChI is InChI=1S/C12H17N3S/c1-9(16-2)5-6-15-11-3-4-12(14)10(7-11)8-13/h3-4,7,9,15H,5-6,14H2,1-2H3. The molecule has 86 valence electrons. The first-order valence-corrected chi connectivity index (χ1v) is 6.52. The van der Waals surface area contributed by atoms with Crippen LogP contribution < -0.4 is 11.1 Å². The van der Waals surface area contributed by atoms with E-state index in [4.69, 9.17) is 11.0 Å². The first kappa shape index (κ1) is 12.7. The summed E-state index contributed by atoms with van der Waals surface area (Å²) in [4.78, 5) is 0.